The van der Waals surface area contributed by atoms with Gasteiger partial charge in [0.2, 0.25) is 0 Å². The van der Waals surface area contributed by atoms with Crippen molar-refractivity contribution in [3.05, 3.63) is 42.5 Å². The number of hydrogen-bond donors (Lipinski definition) is 0. The Balaban J connectivity index is 1.79. The van der Waals surface area contributed by atoms with Gasteiger partial charge in [-0.2, -0.15) is 0 Å². The average Bonchev–Trinajstić information content (AvgIpc) is 2.86. The molecule has 0 aliphatic carbocycles. The van der Waals surface area contributed by atoms with Crippen molar-refractivity contribution in [2.45, 2.75) is 11.8 Å². The molecule has 0 aromatic heterocycles. The van der Waals surface area contributed by atoms with Crippen LogP contribution in [0.2, 0.25) is 0 Å². The second kappa shape index (κ2) is 10.6. The highest BCUT2D eigenvalue weighted by molar-refractivity contribution is 7.92. The molecule has 1 amide bonds. The van der Waals surface area contributed by atoms with E-state index in [1.54, 1.807) is 48.4 Å². The summed E-state index contributed by atoms with van der Waals surface area (Å²) in [6.45, 7) is 2.73. The van der Waals surface area contributed by atoms with Gasteiger partial charge in [0.1, 0.15) is 11.5 Å². The van der Waals surface area contributed by atoms with Crippen LogP contribution in [0, 0.1) is 0 Å². The van der Waals surface area contributed by atoms with E-state index < -0.39 is 16.0 Å². The van der Waals surface area contributed by atoms with Gasteiger partial charge in [0.25, 0.3) is 15.9 Å². The van der Waals surface area contributed by atoms with Gasteiger partial charge in [-0.25, -0.2) is 8.42 Å². The fourth-order valence-corrected chi connectivity index (χ4v) is 4.83. The number of anilines is 2. The summed E-state index contributed by atoms with van der Waals surface area (Å²) in [5, 5.41) is 0. The average molecular weight is 492 g/mol. The fourth-order valence-electron chi connectivity index (χ4n) is 3.62. The van der Waals surface area contributed by atoms with Gasteiger partial charge in [0.05, 0.1) is 30.5 Å². The third-order valence-electron chi connectivity index (χ3n) is 5.62. The molecule has 1 heterocycles. The molecule has 10 nitrogen and oxygen atoms in total. The zero-order valence-electron chi connectivity index (χ0n) is 19.7. The lowest BCUT2D eigenvalue weighted by Gasteiger charge is -2.36. The van der Waals surface area contributed by atoms with Crippen molar-refractivity contribution in [3.8, 4) is 11.5 Å². The molecule has 0 atom stereocenters. The second-order valence-corrected chi connectivity index (χ2v) is 9.62. The maximum Gasteiger partial charge on any atom is 0.303 e. The molecule has 1 saturated heterocycles. The highest BCUT2D eigenvalue weighted by Crippen LogP contribution is 2.33. The van der Waals surface area contributed by atoms with Crippen LogP contribution in [0.1, 0.15) is 6.92 Å². The third kappa shape index (κ3) is 5.53. The number of carbonyl (C=O) groups is 2. The van der Waals surface area contributed by atoms with Gasteiger partial charge in [0.15, 0.2) is 6.61 Å². The van der Waals surface area contributed by atoms with Gasteiger partial charge in [-0.15, -0.1) is 0 Å². The van der Waals surface area contributed by atoms with Crippen molar-refractivity contribution < 1.29 is 32.2 Å². The van der Waals surface area contributed by atoms with E-state index in [9.17, 15) is 18.0 Å². The zero-order valence-corrected chi connectivity index (χ0v) is 20.5. The van der Waals surface area contributed by atoms with Crippen LogP contribution in [0.5, 0.6) is 11.5 Å². The lowest BCUT2D eigenvalue weighted by molar-refractivity contribution is -0.150. The van der Waals surface area contributed by atoms with Gasteiger partial charge in [0, 0.05) is 40.2 Å². The highest BCUT2D eigenvalue weighted by Gasteiger charge is 2.27. The number of benzene rings is 2. The number of esters is 1. The van der Waals surface area contributed by atoms with Gasteiger partial charge in [-0.05, 0) is 42.5 Å². The van der Waals surface area contributed by atoms with Crippen LogP contribution in [-0.2, 0) is 24.3 Å². The van der Waals surface area contributed by atoms with Crippen molar-refractivity contribution in [1.29, 1.82) is 0 Å². The third-order valence-corrected chi connectivity index (χ3v) is 7.40. The molecule has 3 rings (SSSR count). The smallest absolute Gasteiger partial charge is 0.303 e. The minimum atomic E-state index is -3.84. The summed E-state index contributed by atoms with van der Waals surface area (Å²) >= 11 is 0. The topological polar surface area (TPSA) is 106 Å². The number of ether oxygens (including phenoxy) is 3. The van der Waals surface area contributed by atoms with Crippen LogP contribution in [-0.4, -0.2) is 79.2 Å². The van der Waals surface area contributed by atoms with Crippen LogP contribution in [0.25, 0.3) is 0 Å². The van der Waals surface area contributed by atoms with Crippen molar-refractivity contribution >= 4 is 33.3 Å². The molecule has 2 aromatic rings. The number of methoxy groups -OCH3 is 2. The first-order valence-corrected chi connectivity index (χ1v) is 12.1. The maximum atomic E-state index is 13.3. The quantitative estimate of drug-likeness (QED) is 0.514. The fraction of sp³-hybridized carbons (Fsp3) is 0.391. The van der Waals surface area contributed by atoms with E-state index in [2.05, 4.69) is 0 Å². The van der Waals surface area contributed by atoms with E-state index in [0.29, 0.717) is 49.1 Å². The molecule has 2 aromatic carbocycles. The second-order valence-electron chi connectivity index (χ2n) is 7.65. The minimum absolute atomic E-state index is 0.120. The number of carbonyl (C=O) groups excluding carboxylic acids is 2. The number of nitrogens with zero attached hydrogens (tertiary/aromatic N) is 3. The summed E-state index contributed by atoms with van der Waals surface area (Å²) in [7, 11) is 0.723. The standard InChI is InChI=1S/C23H29N3O7S/c1-17(27)33-16-23(28)26-13-11-25(12-14-26)21-15-20(9-10-22(21)32-4)34(29,30)24(2)18-5-7-19(31-3)8-6-18/h5-10,15H,11-14,16H2,1-4H3. The first kappa shape index (κ1) is 25.2. The monoisotopic (exact) mass is 491 g/mol. The number of piperazine rings is 1. The molecular weight excluding hydrogens is 462 g/mol. The SMILES string of the molecule is COc1ccc(N(C)S(=O)(=O)c2ccc(OC)c(N3CCN(C(=O)COC(C)=O)CC3)c2)cc1. The normalized spacial score (nSPS) is 13.9. The first-order valence-electron chi connectivity index (χ1n) is 10.6. The lowest BCUT2D eigenvalue weighted by Crippen LogP contribution is -2.50. The molecule has 0 unspecified atom stereocenters. The molecule has 11 heteroatoms. The molecule has 184 valence electrons. The Kier molecular flexibility index (Phi) is 7.87. The van der Waals surface area contributed by atoms with E-state index >= 15 is 0 Å². The Hall–Kier alpha value is -3.47. The van der Waals surface area contributed by atoms with Gasteiger partial charge >= 0.3 is 5.97 Å². The van der Waals surface area contributed by atoms with Crippen molar-refractivity contribution in [2.24, 2.45) is 0 Å². The minimum Gasteiger partial charge on any atom is -0.497 e. The molecule has 1 fully saturated rings. The summed E-state index contributed by atoms with van der Waals surface area (Å²) in [6.07, 6.45) is 0. The van der Waals surface area contributed by atoms with Crippen LogP contribution >= 0.6 is 0 Å². The zero-order chi connectivity index (χ0) is 24.9. The van der Waals surface area contributed by atoms with E-state index in [4.69, 9.17) is 14.2 Å². The molecule has 0 spiro atoms. The molecular formula is C23H29N3O7S. The van der Waals surface area contributed by atoms with Gasteiger partial charge in [-0.1, -0.05) is 0 Å². The van der Waals surface area contributed by atoms with Crippen molar-refractivity contribution in [1.82, 2.24) is 4.90 Å². The largest absolute Gasteiger partial charge is 0.497 e. The molecule has 0 saturated carbocycles. The van der Waals surface area contributed by atoms with Gasteiger partial charge < -0.3 is 24.0 Å². The Morgan fingerprint density at radius 1 is 0.971 bits per heavy atom. The van der Waals surface area contributed by atoms with Crippen LogP contribution in [0.3, 0.4) is 0 Å². The first-order chi connectivity index (χ1) is 16.2. The maximum absolute atomic E-state index is 13.3. The van der Waals surface area contributed by atoms with Crippen molar-refractivity contribution in [3.63, 3.8) is 0 Å². The Bertz CT molecular complexity index is 1130. The van der Waals surface area contributed by atoms with Crippen molar-refractivity contribution in [2.75, 3.05) is 63.3 Å². The molecule has 0 N–H and O–H groups in total. The number of sulfonamides is 1. The predicted octanol–water partition coefficient (Wildman–Crippen LogP) is 1.74. The van der Waals surface area contributed by atoms with Gasteiger partial charge in [-0.3, -0.25) is 13.9 Å². The van der Waals surface area contributed by atoms with E-state index in [1.807, 2.05) is 4.90 Å². The Labute approximate surface area is 199 Å². The Morgan fingerprint density at radius 3 is 2.18 bits per heavy atom. The Morgan fingerprint density at radius 2 is 1.62 bits per heavy atom. The van der Waals surface area contributed by atoms with E-state index in [0.717, 1.165) is 0 Å². The molecule has 1 aliphatic rings. The van der Waals surface area contributed by atoms with E-state index in [-0.39, 0.29) is 17.4 Å². The predicted molar refractivity (Wildman–Crippen MR) is 127 cm³/mol. The molecule has 0 bridgehead atoms. The summed E-state index contributed by atoms with van der Waals surface area (Å²) in [6, 6.07) is 11.5. The summed E-state index contributed by atoms with van der Waals surface area (Å²) < 4.78 is 43.3. The highest BCUT2D eigenvalue weighted by atomic mass is 32.2. The molecule has 1 aliphatic heterocycles. The lowest BCUT2D eigenvalue weighted by atomic mass is 10.2. The molecule has 34 heavy (non-hydrogen) atoms. The van der Waals surface area contributed by atoms with Crippen LogP contribution in [0.4, 0.5) is 11.4 Å². The number of amides is 1. The summed E-state index contributed by atoms with van der Waals surface area (Å²) in [5.41, 5.74) is 1.12. The number of rotatable bonds is 8. The number of hydrogen-bond acceptors (Lipinski definition) is 8. The van der Waals surface area contributed by atoms with E-state index in [1.165, 1.54) is 31.5 Å². The summed E-state index contributed by atoms with van der Waals surface area (Å²) in [5.74, 6) is 0.395. The summed E-state index contributed by atoms with van der Waals surface area (Å²) in [4.78, 5) is 26.9. The van der Waals surface area contributed by atoms with Crippen LogP contribution < -0.4 is 18.7 Å². The molecule has 0 radical (unpaired) electrons. The van der Waals surface area contributed by atoms with Crippen LogP contribution in [0.15, 0.2) is 47.4 Å².